The molecule has 0 bridgehead atoms. The molecule has 5 heteroatoms. The van der Waals surface area contributed by atoms with E-state index in [0.29, 0.717) is 6.54 Å². The van der Waals surface area contributed by atoms with E-state index in [0.717, 1.165) is 28.5 Å². The lowest BCUT2D eigenvalue weighted by atomic mass is 10.2. The van der Waals surface area contributed by atoms with E-state index in [-0.39, 0.29) is 5.91 Å². The molecule has 2 aromatic rings. The molecule has 0 saturated heterocycles. The molecule has 0 aliphatic rings. The van der Waals surface area contributed by atoms with Crippen LogP contribution in [0.5, 0.6) is 0 Å². The van der Waals surface area contributed by atoms with Crippen molar-refractivity contribution < 1.29 is 4.79 Å². The van der Waals surface area contributed by atoms with Crippen LogP contribution >= 0.6 is 11.3 Å². The first-order valence-electron chi connectivity index (χ1n) is 6.93. The van der Waals surface area contributed by atoms with Crippen LogP contribution in [-0.4, -0.2) is 22.8 Å². The van der Waals surface area contributed by atoms with Crippen LogP contribution in [0.15, 0.2) is 24.3 Å². The maximum absolute atomic E-state index is 11.3. The Hall–Kier alpha value is -1.88. The minimum absolute atomic E-state index is 0.0733. The van der Waals surface area contributed by atoms with Gasteiger partial charge in [0, 0.05) is 31.1 Å². The number of thiazole rings is 1. The highest BCUT2D eigenvalue weighted by Crippen LogP contribution is 2.19. The first-order valence-corrected chi connectivity index (χ1v) is 7.75. The molecule has 0 aliphatic carbocycles. The zero-order valence-corrected chi connectivity index (χ0v) is 13.8. The van der Waals surface area contributed by atoms with Gasteiger partial charge in [0.2, 0.25) is 5.91 Å². The number of anilines is 1. The molecule has 1 aromatic heterocycles. The van der Waals surface area contributed by atoms with Gasteiger partial charge in [0.05, 0.1) is 17.2 Å². The molecule has 0 aliphatic heterocycles. The van der Waals surface area contributed by atoms with E-state index in [1.807, 2.05) is 39.1 Å². The van der Waals surface area contributed by atoms with Crippen LogP contribution in [0.1, 0.15) is 28.1 Å². The largest absolute Gasteiger partial charge is 0.380 e. The van der Waals surface area contributed by atoms with Gasteiger partial charge in [-0.3, -0.25) is 4.79 Å². The third-order valence-corrected chi connectivity index (χ3v) is 4.41. The first-order chi connectivity index (χ1) is 9.95. The molecule has 1 amide bonds. The third-order valence-electron chi connectivity index (χ3n) is 3.34. The quantitative estimate of drug-likeness (QED) is 0.921. The number of rotatable bonds is 5. The summed E-state index contributed by atoms with van der Waals surface area (Å²) in [5.74, 6) is 0.0733. The van der Waals surface area contributed by atoms with Crippen LogP contribution in [0.2, 0.25) is 0 Å². The van der Waals surface area contributed by atoms with Crippen LogP contribution in [0.25, 0.3) is 0 Å². The van der Waals surface area contributed by atoms with Gasteiger partial charge < -0.3 is 10.2 Å². The number of amides is 1. The van der Waals surface area contributed by atoms with Crippen molar-refractivity contribution in [1.82, 2.24) is 9.88 Å². The summed E-state index contributed by atoms with van der Waals surface area (Å²) in [6.07, 6.45) is 0. The first kappa shape index (κ1) is 15.5. The van der Waals surface area contributed by atoms with Crippen LogP contribution in [0.3, 0.4) is 0 Å². The van der Waals surface area contributed by atoms with Crippen LogP contribution in [0, 0.1) is 13.8 Å². The Morgan fingerprint density at radius 2 is 2.14 bits per heavy atom. The second-order valence-corrected chi connectivity index (χ2v) is 6.46. The summed E-state index contributed by atoms with van der Waals surface area (Å²) in [6.45, 7) is 7.06. The topological polar surface area (TPSA) is 45.2 Å². The van der Waals surface area contributed by atoms with E-state index in [1.165, 1.54) is 4.88 Å². The summed E-state index contributed by atoms with van der Waals surface area (Å²) in [4.78, 5) is 18.7. The van der Waals surface area contributed by atoms with Crippen LogP contribution in [0.4, 0.5) is 5.69 Å². The zero-order chi connectivity index (χ0) is 15.4. The predicted molar refractivity (Wildman–Crippen MR) is 87.5 cm³/mol. The van der Waals surface area contributed by atoms with Gasteiger partial charge in [-0.1, -0.05) is 12.1 Å². The molecule has 4 nitrogen and oxygen atoms in total. The van der Waals surface area contributed by atoms with Gasteiger partial charge in [0.1, 0.15) is 0 Å². The number of carbonyl (C=O) groups excluding carboxylic acids is 1. The van der Waals surface area contributed by atoms with Crippen molar-refractivity contribution in [3.63, 3.8) is 0 Å². The van der Waals surface area contributed by atoms with E-state index >= 15 is 0 Å². The fourth-order valence-corrected chi connectivity index (χ4v) is 2.96. The van der Waals surface area contributed by atoms with Gasteiger partial charge >= 0.3 is 0 Å². The molecule has 1 aromatic carbocycles. The number of nitrogens with zero attached hydrogens (tertiary/aromatic N) is 2. The van der Waals surface area contributed by atoms with Gasteiger partial charge in [0.15, 0.2) is 0 Å². The summed E-state index contributed by atoms with van der Waals surface area (Å²) in [5, 5.41) is 4.52. The third kappa shape index (κ3) is 4.29. The van der Waals surface area contributed by atoms with Gasteiger partial charge in [-0.2, -0.15) is 0 Å². The van der Waals surface area contributed by atoms with Crippen molar-refractivity contribution in [1.29, 1.82) is 0 Å². The number of aryl methyl sites for hydroxylation is 2. The smallest absolute Gasteiger partial charge is 0.219 e. The van der Waals surface area contributed by atoms with E-state index in [9.17, 15) is 4.79 Å². The van der Waals surface area contributed by atoms with E-state index in [1.54, 1.807) is 23.2 Å². The monoisotopic (exact) mass is 303 g/mol. The van der Waals surface area contributed by atoms with Gasteiger partial charge in [0.25, 0.3) is 0 Å². The summed E-state index contributed by atoms with van der Waals surface area (Å²) in [5.41, 5.74) is 3.28. The van der Waals surface area contributed by atoms with Crippen LogP contribution in [-0.2, 0) is 17.9 Å². The molecular formula is C16H21N3OS. The second-order valence-electron chi connectivity index (χ2n) is 5.17. The number of carbonyl (C=O) groups is 1. The fraction of sp³-hybridized carbons (Fsp3) is 0.375. The molecule has 112 valence electrons. The molecule has 0 atom stereocenters. The highest BCUT2D eigenvalue weighted by atomic mass is 32.1. The lowest BCUT2D eigenvalue weighted by Gasteiger charge is -2.15. The number of nitrogens with one attached hydrogen (secondary N) is 1. The lowest BCUT2D eigenvalue weighted by molar-refractivity contribution is -0.128. The van der Waals surface area contributed by atoms with Crippen molar-refractivity contribution >= 4 is 22.9 Å². The number of hydrogen-bond donors (Lipinski definition) is 1. The molecule has 0 fully saturated rings. The highest BCUT2D eigenvalue weighted by Gasteiger charge is 2.06. The maximum atomic E-state index is 11.3. The Morgan fingerprint density at radius 1 is 1.38 bits per heavy atom. The summed E-state index contributed by atoms with van der Waals surface area (Å²) in [6, 6.07) is 8.17. The Bertz CT molecular complexity index is 636. The van der Waals surface area contributed by atoms with Crippen molar-refractivity contribution in [3.05, 3.63) is 45.4 Å². The Morgan fingerprint density at radius 3 is 2.76 bits per heavy atom. The SMILES string of the molecule is CC(=O)N(C)Cc1cccc(NCc2sc(C)nc2C)c1. The van der Waals surface area contributed by atoms with Crippen molar-refractivity contribution in [2.24, 2.45) is 0 Å². The zero-order valence-electron chi connectivity index (χ0n) is 12.9. The standard InChI is InChI=1S/C16H21N3OS/c1-11-16(21-12(2)18-11)9-17-15-7-5-6-14(8-15)10-19(4)13(3)20/h5-8,17H,9-10H2,1-4H3. The van der Waals surface area contributed by atoms with Crippen molar-refractivity contribution in [2.75, 3.05) is 12.4 Å². The molecule has 0 unspecified atom stereocenters. The Balaban J connectivity index is 2.01. The van der Waals surface area contributed by atoms with Crippen molar-refractivity contribution in [3.8, 4) is 0 Å². The highest BCUT2D eigenvalue weighted by molar-refractivity contribution is 7.11. The van der Waals surface area contributed by atoms with Gasteiger partial charge in [-0.25, -0.2) is 4.98 Å². The summed E-state index contributed by atoms with van der Waals surface area (Å²) >= 11 is 1.73. The fourth-order valence-electron chi connectivity index (χ4n) is 2.08. The molecule has 0 saturated carbocycles. The molecule has 2 rings (SSSR count). The predicted octanol–water partition coefficient (Wildman–Crippen LogP) is 3.35. The molecule has 0 spiro atoms. The minimum atomic E-state index is 0.0733. The summed E-state index contributed by atoms with van der Waals surface area (Å²) in [7, 11) is 1.81. The Kier molecular flexibility index (Phi) is 4.96. The van der Waals surface area contributed by atoms with Crippen LogP contribution < -0.4 is 5.32 Å². The normalized spacial score (nSPS) is 10.5. The van der Waals surface area contributed by atoms with Gasteiger partial charge in [-0.15, -0.1) is 11.3 Å². The molecule has 1 heterocycles. The maximum Gasteiger partial charge on any atom is 0.219 e. The summed E-state index contributed by atoms with van der Waals surface area (Å²) < 4.78 is 0. The average molecular weight is 303 g/mol. The Labute approximate surface area is 129 Å². The average Bonchev–Trinajstić information content (AvgIpc) is 2.75. The molecule has 0 radical (unpaired) electrons. The van der Waals surface area contributed by atoms with Crippen molar-refractivity contribution in [2.45, 2.75) is 33.9 Å². The second kappa shape index (κ2) is 6.72. The van der Waals surface area contributed by atoms with E-state index in [4.69, 9.17) is 0 Å². The van der Waals surface area contributed by atoms with Gasteiger partial charge in [-0.05, 0) is 31.5 Å². The molecular weight excluding hydrogens is 282 g/mol. The lowest BCUT2D eigenvalue weighted by Crippen LogP contribution is -2.22. The number of aromatic nitrogens is 1. The minimum Gasteiger partial charge on any atom is -0.380 e. The van der Waals surface area contributed by atoms with E-state index < -0.39 is 0 Å². The molecule has 1 N–H and O–H groups in total. The molecule has 21 heavy (non-hydrogen) atoms. The number of benzene rings is 1. The number of hydrogen-bond acceptors (Lipinski definition) is 4. The van der Waals surface area contributed by atoms with E-state index in [2.05, 4.69) is 16.4 Å².